The topological polar surface area (TPSA) is 69.4 Å². The molecular weight excluding hydrogens is 230 g/mol. The van der Waals surface area contributed by atoms with Crippen molar-refractivity contribution in [1.29, 1.82) is 0 Å². The van der Waals surface area contributed by atoms with Crippen LogP contribution in [0.15, 0.2) is 30.3 Å². The number of hydrogen-bond acceptors (Lipinski definition) is 3. The van der Waals surface area contributed by atoms with Crippen LogP contribution in [0.25, 0.3) is 5.57 Å². The third-order valence-corrected chi connectivity index (χ3v) is 2.10. The van der Waals surface area contributed by atoms with E-state index in [1.54, 1.807) is 24.3 Å². The fourth-order valence-corrected chi connectivity index (χ4v) is 1.27. The van der Waals surface area contributed by atoms with E-state index in [2.05, 4.69) is 4.74 Å². The minimum atomic E-state index is -0.713. The van der Waals surface area contributed by atoms with Crippen molar-refractivity contribution in [3.8, 4) is 0 Å². The number of methoxy groups -OCH3 is 1. The van der Waals surface area contributed by atoms with Gasteiger partial charge in [0.05, 0.1) is 12.7 Å². The van der Waals surface area contributed by atoms with Gasteiger partial charge in [-0.05, 0) is 17.7 Å². The Kier molecular flexibility index (Phi) is 4.08. The molecule has 0 aliphatic heterocycles. The lowest BCUT2D eigenvalue weighted by Gasteiger charge is -2.04. The summed E-state index contributed by atoms with van der Waals surface area (Å²) < 4.78 is 4.55. The molecular formula is C11H10ClNO3. The van der Waals surface area contributed by atoms with Crippen molar-refractivity contribution in [3.63, 3.8) is 0 Å². The molecule has 0 atom stereocenters. The number of primary amides is 1. The van der Waals surface area contributed by atoms with Crippen LogP contribution in [0.5, 0.6) is 0 Å². The van der Waals surface area contributed by atoms with E-state index in [1.165, 1.54) is 7.11 Å². The molecule has 84 valence electrons. The first-order valence-corrected chi connectivity index (χ1v) is 4.77. The third kappa shape index (κ3) is 3.10. The summed E-state index contributed by atoms with van der Waals surface area (Å²) in [6.45, 7) is 0. The Morgan fingerprint density at radius 2 is 1.88 bits per heavy atom. The van der Waals surface area contributed by atoms with Crippen LogP contribution >= 0.6 is 11.6 Å². The van der Waals surface area contributed by atoms with Gasteiger partial charge in [-0.1, -0.05) is 23.7 Å². The molecule has 0 saturated heterocycles. The molecule has 0 aromatic heterocycles. The van der Waals surface area contributed by atoms with E-state index in [-0.39, 0.29) is 5.57 Å². The lowest BCUT2D eigenvalue weighted by atomic mass is 10.1. The summed E-state index contributed by atoms with van der Waals surface area (Å²) in [4.78, 5) is 22.2. The van der Waals surface area contributed by atoms with Crippen LogP contribution in [0.2, 0.25) is 5.02 Å². The first-order chi connectivity index (χ1) is 7.54. The molecule has 0 heterocycles. The zero-order valence-corrected chi connectivity index (χ0v) is 9.32. The SMILES string of the molecule is COC(=O)/C(=C\C(N)=O)c1ccc(Cl)cc1. The summed E-state index contributed by atoms with van der Waals surface area (Å²) in [5.41, 5.74) is 5.63. The molecule has 0 spiro atoms. The predicted molar refractivity (Wildman–Crippen MR) is 60.6 cm³/mol. The second-order valence-corrected chi connectivity index (χ2v) is 3.40. The smallest absolute Gasteiger partial charge is 0.338 e. The first-order valence-electron chi connectivity index (χ1n) is 4.40. The molecule has 1 aromatic carbocycles. The molecule has 0 fully saturated rings. The van der Waals surface area contributed by atoms with E-state index in [4.69, 9.17) is 17.3 Å². The molecule has 16 heavy (non-hydrogen) atoms. The van der Waals surface area contributed by atoms with Gasteiger partial charge in [0, 0.05) is 11.1 Å². The number of benzene rings is 1. The fourth-order valence-electron chi connectivity index (χ4n) is 1.14. The Hall–Kier alpha value is -1.81. The largest absolute Gasteiger partial charge is 0.465 e. The van der Waals surface area contributed by atoms with Crippen molar-refractivity contribution in [1.82, 2.24) is 0 Å². The van der Waals surface area contributed by atoms with Gasteiger partial charge in [-0.3, -0.25) is 4.79 Å². The number of hydrogen-bond donors (Lipinski definition) is 1. The maximum atomic E-state index is 11.4. The van der Waals surface area contributed by atoms with E-state index >= 15 is 0 Å². The second kappa shape index (κ2) is 5.32. The summed E-state index contributed by atoms with van der Waals surface area (Å²) in [5, 5.41) is 0.534. The molecule has 2 N–H and O–H groups in total. The van der Waals surface area contributed by atoms with Gasteiger partial charge in [-0.2, -0.15) is 0 Å². The molecule has 0 bridgehead atoms. The number of ether oxygens (including phenoxy) is 1. The third-order valence-electron chi connectivity index (χ3n) is 1.85. The molecule has 0 unspecified atom stereocenters. The van der Waals surface area contributed by atoms with Gasteiger partial charge >= 0.3 is 5.97 Å². The summed E-state index contributed by atoms with van der Waals surface area (Å²) in [5.74, 6) is -1.34. The zero-order valence-electron chi connectivity index (χ0n) is 8.57. The van der Waals surface area contributed by atoms with Crippen LogP contribution in [-0.2, 0) is 14.3 Å². The summed E-state index contributed by atoms with van der Waals surface area (Å²) in [7, 11) is 1.23. The van der Waals surface area contributed by atoms with Crippen LogP contribution in [0, 0.1) is 0 Å². The summed E-state index contributed by atoms with van der Waals surface area (Å²) in [6, 6.07) is 6.42. The molecule has 5 heteroatoms. The van der Waals surface area contributed by atoms with Gasteiger partial charge in [0.1, 0.15) is 0 Å². The molecule has 0 saturated carbocycles. The Bertz CT molecular complexity index is 437. The normalized spacial score (nSPS) is 11.0. The Morgan fingerprint density at radius 3 is 2.31 bits per heavy atom. The van der Waals surface area contributed by atoms with Gasteiger partial charge < -0.3 is 10.5 Å². The van der Waals surface area contributed by atoms with Crippen LogP contribution in [0.3, 0.4) is 0 Å². The molecule has 1 rings (SSSR count). The van der Waals surface area contributed by atoms with Crippen molar-refractivity contribution in [2.75, 3.05) is 7.11 Å². The van der Waals surface area contributed by atoms with Gasteiger partial charge in [-0.25, -0.2) is 4.79 Å². The first kappa shape index (κ1) is 12.3. The lowest BCUT2D eigenvalue weighted by molar-refractivity contribution is -0.133. The molecule has 0 aliphatic rings. The Labute approximate surface area is 97.6 Å². The number of halogens is 1. The van der Waals surface area contributed by atoms with Crippen LogP contribution < -0.4 is 5.73 Å². The number of amides is 1. The number of carbonyl (C=O) groups is 2. The van der Waals surface area contributed by atoms with E-state index in [0.717, 1.165) is 6.08 Å². The molecule has 0 radical (unpaired) electrons. The highest BCUT2D eigenvalue weighted by atomic mass is 35.5. The minimum Gasteiger partial charge on any atom is -0.465 e. The monoisotopic (exact) mass is 239 g/mol. The Balaban J connectivity index is 3.16. The van der Waals surface area contributed by atoms with Crippen molar-refractivity contribution >= 4 is 29.1 Å². The van der Waals surface area contributed by atoms with Crippen LogP contribution in [0.1, 0.15) is 5.56 Å². The highest BCUT2D eigenvalue weighted by Crippen LogP contribution is 2.18. The van der Waals surface area contributed by atoms with Crippen molar-refractivity contribution in [3.05, 3.63) is 40.9 Å². The standard InChI is InChI=1S/C11H10ClNO3/c1-16-11(15)9(6-10(13)14)7-2-4-8(12)5-3-7/h2-6H,1H3,(H2,13,14)/b9-6-. The van der Waals surface area contributed by atoms with Gasteiger partial charge in [0.25, 0.3) is 0 Å². The minimum absolute atomic E-state index is 0.103. The predicted octanol–water partition coefficient (Wildman–Crippen LogP) is 1.38. The van der Waals surface area contributed by atoms with Crippen LogP contribution in [0.4, 0.5) is 0 Å². The van der Waals surface area contributed by atoms with Crippen molar-refractivity contribution in [2.45, 2.75) is 0 Å². The number of rotatable bonds is 3. The van der Waals surface area contributed by atoms with E-state index in [9.17, 15) is 9.59 Å². The van der Waals surface area contributed by atoms with Crippen molar-refractivity contribution in [2.24, 2.45) is 5.73 Å². The number of carbonyl (C=O) groups excluding carboxylic acids is 2. The number of esters is 1. The van der Waals surface area contributed by atoms with Gasteiger partial charge in [-0.15, -0.1) is 0 Å². The fraction of sp³-hybridized carbons (Fsp3) is 0.0909. The van der Waals surface area contributed by atoms with Gasteiger partial charge in [0.2, 0.25) is 5.91 Å². The molecule has 0 aliphatic carbocycles. The van der Waals surface area contributed by atoms with E-state index in [0.29, 0.717) is 10.6 Å². The molecule has 4 nitrogen and oxygen atoms in total. The molecule has 1 amide bonds. The van der Waals surface area contributed by atoms with Crippen LogP contribution in [-0.4, -0.2) is 19.0 Å². The lowest BCUT2D eigenvalue weighted by Crippen LogP contribution is -2.11. The second-order valence-electron chi connectivity index (χ2n) is 2.96. The Morgan fingerprint density at radius 1 is 1.31 bits per heavy atom. The van der Waals surface area contributed by atoms with Crippen molar-refractivity contribution < 1.29 is 14.3 Å². The van der Waals surface area contributed by atoms with E-state index < -0.39 is 11.9 Å². The average Bonchev–Trinajstić information content (AvgIpc) is 2.26. The maximum Gasteiger partial charge on any atom is 0.338 e. The summed E-state index contributed by atoms with van der Waals surface area (Å²) >= 11 is 5.71. The maximum absolute atomic E-state index is 11.4. The average molecular weight is 240 g/mol. The van der Waals surface area contributed by atoms with E-state index in [1.807, 2.05) is 0 Å². The summed E-state index contributed by atoms with van der Waals surface area (Å²) in [6.07, 6.45) is 1.02. The zero-order chi connectivity index (χ0) is 12.1. The quantitative estimate of drug-likeness (QED) is 0.640. The van der Waals surface area contributed by atoms with Gasteiger partial charge in [0.15, 0.2) is 0 Å². The highest BCUT2D eigenvalue weighted by Gasteiger charge is 2.13. The molecule has 1 aromatic rings. The number of nitrogens with two attached hydrogens (primary N) is 1. The highest BCUT2D eigenvalue weighted by molar-refractivity contribution is 6.30.